The molecular formula is C19H18N4O3S. The van der Waals surface area contributed by atoms with Gasteiger partial charge in [0.2, 0.25) is 11.0 Å². The third kappa shape index (κ3) is 5.42. The van der Waals surface area contributed by atoms with Crippen LogP contribution >= 0.6 is 11.3 Å². The van der Waals surface area contributed by atoms with Gasteiger partial charge in [-0.15, -0.1) is 10.2 Å². The summed E-state index contributed by atoms with van der Waals surface area (Å²) >= 11 is 1.33. The van der Waals surface area contributed by atoms with Gasteiger partial charge in [0, 0.05) is 18.1 Å². The maximum absolute atomic E-state index is 12.2. The minimum atomic E-state index is -0.488. The fourth-order valence-corrected chi connectivity index (χ4v) is 3.47. The SMILES string of the molecule is O=C(Cc1ccccc1[N+](=O)[O-])Nc1nnc(CCCc2ccccc2)s1. The molecule has 0 fully saturated rings. The molecule has 1 N–H and O–H groups in total. The van der Waals surface area contributed by atoms with Crippen LogP contribution in [-0.4, -0.2) is 21.0 Å². The third-order valence-electron chi connectivity index (χ3n) is 3.95. The molecule has 0 atom stereocenters. The quantitative estimate of drug-likeness (QED) is 0.472. The number of rotatable bonds is 8. The number of nitrogens with one attached hydrogen (secondary N) is 1. The smallest absolute Gasteiger partial charge is 0.273 e. The Morgan fingerprint density at radius 3 is 2.56 bits per heavy atom. The Labute approximate surface area is 160 Å². The number of amides is 1. The van der Waals surface area contributed by atoms with Crippen molar-refractivity contribution in [2.75, 3.05) is 5.32 Å². The molecule has 0 radical (unpaired) electrons. The largest absolute Gasteiger partial charge is 0.300 e. The standard InChI is InChI=1S/C19H18N4O3S/c24-17(13-15-10-4-5-11-16(15)23(25)26)20-19-22-21-18(27-19)12-6-9-14-7-2-1-3-8-14/h1-5,7-8,10-11H,6,9,12-13H2,(H,20,22,24). The van der Waals surface area contributed by atoms with E-state index in [1.165, 1.54) is 23.0 Å². The second-order valence-electron chi connectivity index (χ2n) is 5.95. The van der Waals surface area contributed by atoms with Crippen molar-refractivity contribution in [2.24, 2.45) is 0 Å². The van der Waals surface area contributed by atoms with Crippen molar-refractivity contribution < 1.29 is 9.72 Å². The zero-order chi connectivity index (χ0) is 19.1. The molecule has 0 aliphatic rings. The number of aryl methyl sites for hydroxylation is 2. The zero-order valence-corrected chi connectivity index (χ0v) is 15.3. The van der Waals surface area contributed by atoms with Gasteiger partial charge in [-0.1, -0.05) is 59.9 Å². The Morgan fingerprint density at radius 2 is 1.78 bits per heavy atom. The Kier molecular flexibility index (Phi) is 6.22. The van der Waals surface area contributed by atoms with E-state index in [1.54, 1.807) is 18.2 Å². The van der Waals surface area contributed by atoms with Crippen molar-refractivity contribution in [2.45, 2.75) is 25.7 Å². The fraction of sp³-hybridized carbons (Fsp3) is 0.211. The summed E-state index contributed by atoms with van der Waals surface area (Å²) in [5.41, 5.74) is 1.58. The molecule has 3 aromatic rings. The van der Waals surface area contributed by atoms with Gasteiger partial charge in [0.15, 0.2) is 0 Å². The van der Waals surface area contributed by atoms with Crippen molar-refractivity contribution in [1.82, 2.24) is 10.2 Å². The van der Waals surface area contributed by atoms with Gasteiger partial charge >= 0.3 is 0 Å². The van der Waals surface area contributed by atoms with Crippen LogP contribution < -0.4 is 5.32 Å². The summed E-state index contributed by atoms with van der Waals surface area (Å²) in [6.45, 7) is 0. The lowest BCUT2D eigenvalue weighted by Gasteiger charge is -2.02. The molecule has 0 spiro atoms. The van der Waals surface area contributed by atoms with Crippen LogP contribution in [0.2, 0.25) is 0 Å². The Balaban J connectivity index is 1.51. The normalized spacial score (nSPS) is 10.5. The molecule has 7 nitrogen and oxygen atoms in total. The first-order valence-electron chi connectivity index (χ1n) is 8.50. The number of anilines is 1. The number of para-hydroxylation sites is 1. The summed E-state index contributed by atoms with van der Waals surface area (Å²) in [5, 5.41) is 23.0. The molecule has 2 aromatic carbocycles. The van der Waals surface area contributed by atoms with Crippen molar-refractivity contribution in [1.29, 1.82) is 0 Å². The summed E-state index contributed by atoms with van der Waals surface area (Å²) in [7, 11) is 0. The van der Waals surface area contributed by atoms with E-state index in [0.717, 1.165) is 24.3 Å². The minimum absolute atomic E-state index is 0.0634. The topological polar surface area (TPSA) is 98.0 Å². The van der Waals surface area contributed by atoms with Gasteiger partial charge in [-0.3, -0.25) is 14.9 Å². The molecule has 27 heavy (non-hydrogen) atoms. The Morgan fingerprint density at radius 1 is 1.04 bits per heavy atom. The molecule has 0 saturated carbocycles. The average molecular weight is 382 g/mol. The predicted octanol–water partition coefficient (Wildman–Crippen LogP) is 3.80. The number of hydrogen-bond donors (Lipinski definition) is 1. The van der Waals surface area contributed by atoms with Gasteiger partial charge < -0.3 is 5.32 Å². The van der Waals surface area contributed by atoms with Crippen LogP contribution in [0, 0.1) is 10.1 Å². The molecular weight excluding hydrogens is 364 g/mol. The number of hydrogen-bond acceptors (Lipinski definition) is 6. The lowest BCUT2D eigenvalue weighted by Crippen LogP contribution is -2.15. The van der Waals surface area contributed by atoms with Gasteiger partial charge in [-0.05, 0) is 18.4 Å². The van der Waals surface area contributed by atoms with Crippen molar-refractivity contribution in [3.63, 3.8) is 0 Å². The highest BCUT2D eigenvalue weighted by Crippen LogP contribution is 2.20. The summed E-state index contributed by atoms with van der Waals surface area (Å²) in [6.07, 6.45) is 2.61. The van der Waals surface area contributed by atoms with Crippen LogP contribution in [0.3, 0.4) is 0 Å². The van der Waals surface area contributed by atoms with E-state index in [1.807, 2.05) is 18.2 Å². The highest BCUT2D eigenvalue weighted by atomic mass is 32.1. The molecule has 0 bridgehead atoms. The zero-order valence-electron chi connectivity index (χ0n) is 14.5. The summed E-state index contributed by atoms with van der Waals surface area (Å²) in [4.78, 5) is 22.7. The minimum Gasteiger partial charge on any atom is -0.300 e. The van der Waals surface area contributed by atoms with Crippen molar-refractivity contribution >= 4 is 28.1 Å². The molecule has 0 saturated heterocycles. The monoisotopic (exact) mass is 382 g/mol. The number of benzene rings is 2. The van der Waals surface area contributed by atoms with Crippen molar-refractivity contribution in [3.8, 4) is 0 Å². The highest BCUT2D eigenvalue weighted by molar-refractivity contribution is 7.15. The van der Waals surface area contributed by atoms with Gasteiger partial charge in [-0.2, -0.15) is 0 Å². The molecule has 0 unspecified atom stereocenters. The number of carbonyl (C=O) groups is 1. The molecule has 1 amide bonds. The van der Waals surface area contributed by atoms with Gasteiger partial charge in [0.25, 0.3) is 5.69 Å². The van der Waals surface area contributed by atoms with Crippen LogP contribution in [-0.2, 0) is 24.1 Å². The molecule has 0 aliphatic carbocycles. The molecule has 138 valence electrons. The summed E-state index contributed by atoms with van der Waals surface area (Å²) in [6, 6.07) is 16.4. The molecule has 3 rings (SSSR count). The fourth-order valence-electron chi connectivity index (χ4n) is 2.67. The number of nitro groups is 1. The van der Waals surface area contributed by atoms with E-state index < -0.39 is 4.92 Å². The molecule has 8 heteroatoms. The van der Waals surface area contributed by atoms with Crippen LogP contribution in [0.1, 0.15) is 22.6 Å². The second kappa shape index (κ2) is 9.00. The molecule has 1 heterocycles. The average Bonchev–Trinajstić information content (AvgIpc) is 3.10. The number of carbonyl (C=O) groups excluding carboxylic acids is 1. The number of nitrogens with zero attached hydrogens (tertiary/aromatic N) is 3. The van der Waals surface area contributed by atoms with E-state index in [9.17, 15) is 14.9 Å². The number of nitro benzene ring substituents is 1. The Bertz CT molecular complexity index is 927. The first kappa shape index (κ1) is 18.7. The van der Waals surface area contributed by atoms with Crippen molar-refractivity contribution in [3.05, 3.63) is 80.8 Å². The highest BCUT2D eigenvalue weighted by Gasteiger charge is 2.16. The van der Waals surface area contributed by atoms with E-state index in [0.29, 0.717) is 10.7 Å². The first-order valence-corrected chi connectivity index (χ1v) is 9.32. The van der Waals surface area contributed by atoms with Crippen LogP contribution in [0.25, 0.3) is 0 Å². The summed E-state index contributed by atoms with van der Waals surface area (Å²) in [5.74, 6) is -0.351. The second-order valence-corrected chi connectivity index (χ2v) is 7.01. The first-order chi connectivity index (χ1) is 13.1. The lowest BCUT2D eigenvalue weighted by atomic mass is 10.1. The van der Waals surface area contributed by atoms with Gasteiger partial charge in [0.05, 0.1) is 11.3 Å². The van der Waals surface area contributed by atoms with E-state index in [-0.39, 0.29) is 18.0 Å². The number of aromatic nitrogens is 2. The Hall–Kier alpha value is -3.13. The van der Waals surface area contributed by atoms with Crippen LogP contribution in [0.5, 0.6) is 0 Å². The van der Waals surface area contributed by atoms with E-state index >= 15 is 0 Å². The van der Waals surface area contributed by atoms with Crippen LogP contribution in [0.15, 0.2) is 54.6 Å². The summed E-state index contributed by atoms with van der Waals surface area (Å²) < 4.78 is 0. The predicted molar refractivity (Wildman–Crippen MR) is 104 cm³/mol. The third-order valence-corrected chi connectivity index (χ3v) is 4.85. The van der Waals surface area contributed by atoms with Gasteiger partial charge in [-0.25, -0.2) is 0 Å². The van der Waals surface area contributed by atoms with E-state index in [2.05, 4.69) is 27.6 Å². The lowest BCUT2D eigenvalue weighted by molar-refractivity contribution is -0.385. The van der Waals surface area contributed by atoms with Crippen LogP contribution in [0.4, 0.5) is 10.8 Å². The molecule has 0 aliphatic heterocycles. The maximum Gasteiger partial charge on any atom is 0.273 e. The van der Waals surface area contributed by atoms with Gasteiger partial charge in [0.1, 0.15) is 5.01 Å². The molecule has 1 aromatic heterocycles. The maximum atomic E-state index is 12.2. The van der Waals surface area contributed by atoms with E-state index in [4.69, 9.17) is 0 Å².